The molecule has 1 aliphatic rings. The maximum atomic E-state index is 4.42. The summed E-state index contributed by atoms with van der Waals surface area (Å²) in [5.74, 6) is 0.991. The Morgan fingerprint density at radius 3 is 2.78 bits per heavy atom. The van der Waals surface area contributed by atoms with E-state index in [-0.39, 0.29) is 24.0 Å². The summed E-state index contributed by atoms with van der Waals surface area (Å²) < 4.78 is 0. The average molecular weight is 498 g/mol. The van der Waals surface area contributed by atoms with E-state index in [1.54, 1.807) is 0 Å². The van der Waals surface area contributed by atoms with Gasteiger partial charge in [-0.05, 0) is 41.8 Å². The summed E-state index contributed by atoms with van der Waals surface area (Å²) in [5, 5.41) is 5.65. The predicted octanol–water partition coefficient (Wildman–Crippen LogP) is 3.86. The van der Waals surface area contributed by atoms with Gasteiger partial charge in [0.15, 0.2) is 5.96 Å². The average Bonchev–Trinajstić information content (AvgIpc) is 3.19. The number of guanidine groups is 1. The first-order valence-electron chi connectivity index (χ1n) is 9.49. The number of likely N-dealkylation sites (N-methyl/N-ethyl adjacent to an activating group) is 1. The molecule has 2 heterocycles. The van der Waals surface area contributed by atoms with Crippen molar-refractivity contribution in [2.24, 2.45) is 4.99 Å². The summed E-state index contributed by atoms with van der Waals surface area (Å²) >= 11 is 1.82. The molecular weight excluding hydrogens is 467 g/mol. The second kappa shape index (κ2) is 11.7. The molecular formula is C21H31IN4S. The number of nitrogens with one attached hydrogen (secondary N) is 1. The first-order chi connectivity index (χ1) is 12.8. The number of hydrogen-bond acceptors (Lipinski definition) is 3. The van der Waals surface area contributed by atoms with Crippen molar-refractivity contribution in [1.82, 2.24) is 15.1 Å². The zero-order valence-corrected chi connectivity index (χ0v) is 19.5. The number of benzene rings is 1. The number of thiophene rings is 1. The first kappa shape index (κ1) is 22.2. The fourth-order valence-corrected chi connectivity index (χ4v) is 4.17. The van der Waals surface area contributed by atoms with Crippen LogP contribution in [0.1, 0.15) is 22.4 Å². The van der Waals surface area contributed by atoms with Crippen molar-refractivity contribution in [3.8, 4) is 0 Å². The van der Waals surface area contributed by atoms with Gasteiger partial charge in [0.05, 0.1) is 0 Å². The van der Waals surface area contributed by atoms with Crippen LogP contribution in [0.25, 0.3) is 0 Å². The first-order valence-corrected chi connectivity index (χ1v) is 10.4. The van der Waals surface area contributed by atoms with Gasteiger partial charge >= 0.3 is 0 Å². The van der Waals surface area contributed by atoms with Crippen LogP contribution in [0.5, 0.6) is 0 Å². The number of halogens is 1. The van der Waals surface area contributed by atoms with Crippen LogP contribution in [0.2, 0.25) is 0 Å². The Bertz CT molecular complexity index is 702. The van der Waals surface area contributed by atoms with Crippen molar-refractivity contribution >= 4 is 41.3 Å². The predicted molar refractivity (Wildman–Crippen MR) is 127 cm³/mol. The van der Waals surface area contributed by atoms with Gasteiger partial charge < -0.3 is 10.2 Å². The molecule has 27 heavy (non-hydrogen) atoms. The lowest BCUT2D eigenvalue weighted by Crippen LogP contribution is -2.41. The van der Waals surface area contributed by atoms with Crippen molar-refractivity contribution in [2.75, 3.05) is 40.3 Å². The Morgan fingerprint density at radius 2 is 2.04 bits per heavy atom. The monoisotopic (exact) mass is 498 g/mol. The van der Waals surface area contributed by atoms with Crippen molar-refractivity contribution in [3.63, 3.8) is 0 Å². The van der Waals surface area contributed by atoms with E-state index in [9.17, 15) is 0 Å². The number of aliphatic imine (C=N–C) groups is 1. The SMILES string of the molecule is CN=C(NCCCN1CCc2ccccc2C1)N(C)CCc1cccs1.I. The standard InChI is InChI=1S/C21H30N4S.HI/c1-22-21(24(2)14-11-20-9-5-16-26-20)23-12-6-13-25-15-10-18-7-3-4-8-19(18)17-25;/h3-5,7-9,16H,6,10-15,17H2,1-2H3,(H,22,23);1H. The highest BCUT2D eigenvalue weighted by Crippen LogP contribution is 2.18. The largest absolute Gasteiger partial charge is 0.356 e. The molecule has 148 valence electrons. The summed E-state index contributed by atoms with van der Waals surface area (Å²) in [7, 11) is 3.98. The topological polar surface area (TPSA) is 30.9 Å². The smallest absolute Gasteiger partial charge is 0.193 e. The van der Waals surface area contributed by atoms with E-state index < -0.39 is 0 Å². The van der Waals surface area contributed by atoms with E-state index in [1.807, 2.05) is 18.4 Å². The Hall–Kier alpha value is -1.12. The van der Waals surface area contributed by atoms with Crippen molar-refractivity contribution < 1.29 is 0 Å². The molecule has 0 spiro atoms. The van der Waals surface area contributed by atoms with Crippen LogP contribution in [0.15, 0.2) is 46.8 Å². The van der Waals surface area contributed by atoms with Gasteiger partial charge in [-0.1, -0.05) is 30.3 Å². The summed E-state index contributed by atoms with van der Waals surface area (Å²) in [6.07, 6.45) is 3.39. The van der Waals surface area contributed by atoms with E-state index >= 15 is 0 Å². The molecule has 0 radical (unpaired) electrons. The lowest BCUT2D eigenvalue weighted by molar-refractivity contribution is 0.251. The molecule has 3 rings (SSSR count). The highest BCUT2D eigenvalue weighted by atomic mass is 127. The van der Waals surface area contributed by atoms with Crippen LogP contribution in [0.3, 0.4) is 0 Å². The zero-order chi connectivity index (χ0) is 18.2. The van der Waals surface area contributed by atoms with Crippen LogP contribution in [0.4, 0.5) is 0 Å². The second-order valence-corrected chi connectivity index (χ2v) is 7.91. The van der Waals surface area contributed by atoms with E-state index in [0.717, 1.165) is 45.0 Å². The van der Waals surface area contributed by atoms with Crippen molar-refractivity contribution in [3.05, 3.63) is 57.8 Å². The molecule has 1 aromatic heterocycles. The lowest BCUT2D eigenvalue weighted by atomic mass is 10.00. The highest BCUT2D eigenvalue weighted by Gasteiger charge is 2.15. The third kappa shape index (κ3) is 6.76. The summed E-state index contributed by atoms with van der Waals surface area (Å²) in [4.78, 5) is 10.6. The molecule has 0 amide bonds. The fraction of sp³-hybridized carbons (Fsp3) is 0.476. The number of rotatable bonds is 7. The molecule has 0 bridgehead atoms. The van der Waals surface area contributed by atoms with E-state index in [2.05, 4.69) is 68.9 Å². The Kier molecular flexibility index (Phi) is 9.58. The molecule has 4 nitrogen and oxygen atoms in total. The molecule has 0 unspecified atom stereocenters. The number of nitrogens with zero attached hydrogens (tertiary/aromatic N) is 3. The molecule has 0 aliphatic carbocycles. The minimum Gasteiger partial charge on any atom is -0.356 e. The molecule has 0 fully saturated rings. The summed E-state index contributed by atoms with van der Waals surface area (Å²) in [5.41, 5.74) is 3.02. The molecule has 1 N–H and O–H groups in total. The maximum Gasteiger partial charge on any atom is 0.193 e. The minimum absolute atomic E-state index is 0. The molecule has 1 aromatic carbocycles. The van der Waals surface area contributed by atoms with Gasteiger partial charge in [0.2, 0.25) is 0 Å². The third-order valence-corrected chi connectivity index (χ3v) is 5.93. The van der Waals surface area contributed by atoms with Crippen LogP contribution >= 0.6 is 35.3 Å². The number of fused-ring (bicyclic) bond motifs is 1. The van der Waals surface area contributed by atoms with Gasteiger partial charge in [-0.2, -0.15) is 0 Å². The van der Waals surface area contributed by atoms with Crippen LogP contribution in [0, 0.1) is 0 Å². The minimum atomic E-state index is 0. The van der Waals surface area contributed by atoms with Gasteiger partial charge in [0, 0.05) is 51.7 Å². The Labute approximate surface area is 184 Å². The third-order valence-electron chi connectivity index (χ3n) is 4.99. The molecule has 2 aromatic rings. The molecule has 0 atom stereocenters. The van der Waals surface area contributed by atoms with Crippen molar-refractivity contribution in [1.29, 1.82) is 0 Å². The van der Waals surface area contributed by atoms with Gasteiger partial charge in [-0.15, -0.1) is 35.3 Å². The van der Waals surface area contributed by atoms with E-state index in [1.165, 1.54) is 29.0 Å². The number of hydrogen-bond donors (Lipinski definition) is 1. The molecule has 0 saturated heterocycles. The Morgan fingerprint density at radius 1 is 1.22 bits per heavy atom. The highest BCUT2D eigenvalue weighted by molar-refractivity contribution is 14.0. The van der Waals surface area contributed by atoms with Crippen LogP contribution < -0.4 is 5.32 Å². The molecule has 1 aliphatic heterocycles. The zero-order valence-electron chi connectivity index (χ0n) is 16.4. The van der Waals surface area contributed by atoms with Gasteiger partial charge in [0.25, 0.3) is 0 Å². The normalized spacial score (nSPS) is 14.4. The van der Waals surface area contributed by atoms with Gasteiger partial charge in [0.1, 0.15) is 0 Å². The quantitative estimate of drug-likeness (QED) is 0.272. The van der Waals surface area contributed by atoms with E-state index in [0.29, 0.717) is 0 Å². The summed E-state index contributed by atoms with van der Waals surface area (Å²) in [6, 6.07) is 13.2. The van der Waals surface area contributed by atoms with E-state index in [4.69, 9.17) is 0 Å². The molecule has 0 saturated carbocycles. The van der Waals surface area contributed by atoms with Gasteiger partial charge in [-0.3, -0.25) is 9.89 Å². The van der Waals surface area contributed by atoms with Crippen molar-refractivity contribution in [2.45, 2.75) is 25.8 Å². The van der Waals surface area contributed by atoms with Crippen LogP contribution in [-0.4, -0.2) is 56.0 Å². The Balaban J connectivity index is 0.00000261. The lowest BCUT2D eigenvalue weighted by Gasteiger charge is -2.29. The maximum absolute atomic E-state index is 4.42. The second-order valence-electron chi connectivity index (χ2n) is 6.87. The molecule has 6 heteroatoms. The summed E-state index contributed by atoms with van der Waals surface area (Å²) in [6.45, 7) is 5.35. The van der Waals surface area contributed by atoms with Crippen LogP contribution in [-0.2, 0) is 19.4 Å². The van der Waals surface area contributed by atoms with Gasteiger partial charge in [-0.25, -0.2) is 0 Å². The fourth-order valence-electron chi connectivity index (χ4n) is 3.47.